The molecular formula is C71H75BN2OS. The van der Waals surface area contributed by atoms with Gasteiger partial charge >= 0.3 is 0 Å². The first-order valence-corrected chi connectivity index (χ1v) is 29.3. The van der Waals surface area contributed by atoms with E-state index in [-0.39, 0.29) is 44.6 Å². The molecule has 0 radical (unpaired) electrons. The summed E-state index contributed by atoms with van der Waals surface area (Å²) in [6.45, 7) is 39.2. The van der Waals surface area contributed by atoms with E-state index in [0.29, 0.717) is 0 Å². The molecule has 2 aliphatic heterocycles. The fourth-order valence-corrected chi connectivity index (χ4v) is 16.6. The molecule has 0 unspecified atom stereocenters. The number of anilines is 6. The van der Waals surface area contributed by atoms with Crippen molar-refractivity contribution in [1.29, 1.82) is 0 Å². The van der Waals surface area contributed by atoms with Crippen LogP contribution in [0, 0.1) is 6.92 Å². The van der Waals surface area contributed by atoms with Crippen LogP contribution in [0.3, 0.4) is 0 Å². The van der Waals surface area contributed by atoms with Gasteiger partial charge in [0.2, 0.25) is 0 Å². The fraction of sp³-hybridized carbons (Fsp3) is 0.380. The molecule has 0 fully saturated rings. The number of hydrogen-bond acceptors (Lipinski definition) is 4. The second kappa shape index (κ2) is 15.2. The van der Waals surface area contributed by atoms with Crippen LogP contribution in [0.4, 0.5) is 34.1 Å². The van der Waals surface area contributed by atoms with Crippen molar-refractivity contribution in [3.63, 3.8) is 0 Å². The molecule has 384 valence electrons. The van der Waals surface area contributed by atoms with Crippen LogP contribution in [0.25, 0.3) is 32.0 Å². The lowest BCUT2D eigenvalue weighted by Gasteiger charge is -2.50. The maximum atomic E-state index is 7.08. The SMILES string of the molecule is Cc1cc2c3c(c1)N(c1cccc4c1oc1ccccc14)c1cc4c(cc1B3c1sc3ccc(C(C)(C)C)cc3c1N2c1ccc2c(c1)C(C)(C)CCC2(C)C)C(C)(C)c1cc2c(cc1C4(C)C)C(C)(C)CCC2(C)C. The number of nitrogens with zero attached hydrogens (tertiary/aromatic N) is 2. The number of aryl methyl sites for hydroxylation is 1. The summed E-state index contributed by atoms with van der Waals surface area (Å²) in [4.78, 5) is 5.34. The zero-order chi connectivity index (χ0) is 53.3. The maximum absolute atomic E-state index is 7.08. The van der Waals surface area contributed by atoms with Crippen LogP contribution >= 0.6 is 11.3 Å². The molecule has 0 saturated carbocycles. The third-order valence-electron chi connectivity index (χ3n) is 20.2. The molecule has 0 spiro atoms. The molecule has 0 saturated heterocycles. The number of hydrogen-bond donors (Lipinski definition) is 0. The molecule has 5 heteroatoms. The Labute approximate surface area is 456 Å². The second-order valence-corrected chi connectivity index (χ2v) is 29.8. The lowest BCUT2D eigenvalue weighted by molar-refractivity contribution is 0.329. The number of furan rings is 1. The Kier molecular flexibility index (Phi) is 9.64. The van der Waals surface area contributed by atoms with Crippen molar-refractivity contribution < 1.29 is 4.42 Å². The van der Waals surface area contributed by atoms with Crippen LogP contribution in [-0.4, -0.2) is 6.71 Å². The first-order valence-electron chi connectivity index (χ1n) is 28.4. The largest absolute Gasteiger partial charge is 0.454 e. The first-order chi connectivity index (χ1) is 35.7. The molecule has 0 bridgehead atoms. The fourth-order valence-electron chi connectivity index (χ4n) is 15.3. The molecule has 5 aliphatic rings. The predicted molar refractivity (Wildman–Crippen MR) is 328 cm³/mol. The topological polar surface area (TPSA) is 19.6 Å². The van der Waals surface area contributed by atoms with Gasteiger partial charge in [0.1, 0.15) is 5.58 Å². The van der Waals surface area contributed by atoms with Crippen LogP contribution in [0.2, 0.25) is 0 Å². The molecule has 9 aromatic rings. The average molecular weight is 1020 g/mol. The molecule has 3 aliphatic carbocycles. The Balaban J connectivity index is 1.11. The summed E-state index contributed by atoms with van der Waals surface area (Å²) in [5.74, 6) is 0. The minimum Gasteiger partial charge on any atom is -0.454 e. The first kappa shape index (κ1) is 48.3. The normalized spacial score (nSPS) is 19.7. The van der Waals surface area contributed by atoms with E-state index >= 15 is 0 Å². The number of rotatable bonds is 2. The van der Waals surface area contributed by atoms with Gasteiger partial charge in [0, 0.05) is 59.2 Å². The summed E-state index contributed by atoms with van der Waals surface area (Å²) in [5, 5.41) is 3.64. The quantitative estimate of drug-likeness (QED) is 0.161. The Morgan fingerprint density at radius 2 is 1.05 bits per heavy atom. The van der Waals surface area contributed by atoms with E-state index in [1.54, 1.807) is 0 Å². The van der Waals surface area contributed by atoms with Crippen molar-refractivity contribution in [2.75, 3.05) is 9.80 Å². The van der Waals surface area contributed by atoms with Gasteiger partial charge < -0.3 is 14.2 Å². The van der Waals surface area contributed by atoms with Gasteiger partial charge in [0.05, 0.1) is 11.4 Å². The van der Waals surface area contributed by atoms with Gasteiger partial charge in [-0.2, -0.15) is 0 Å². The zero-order valence-electron chi connectivity index (χ0n) is 48.1. The van der Waals surface area contributed by atoms with Crippen molar-refractivity contribution in [2.45, 2.75) is 174 Å². The molecule has 2 aromatic heterocycles. The molecule has 7 aromatic carbocycles. The molecule has 3 nitrogen and oxygen atoms in total. The Morgan fingerprint density at radius 3 is 1.70 bits per heavy atom. The predicted octanol–water partition coefficient (Wildman–Crippen LogP) is 18.2. The van der Waals surface area contributed by atoms with Gasteiger partial charge in [0.25, 0.3) is 6.71 Å². The van der Waals surface area contributed by atoms with Crippen LogP contribution in [0.1, 0.15) is 185 Å². The Hall–Kier alpha value is -6.04. The van der Waals surface area contributed by atoms with E-state index in [2.05, 4.69) is 236 Å². The summed E-state index contributed by atoms with van der Waals surface area (Å²) in [5.41, 5.74) is 26.3. The number of thiophene rings is 1. The Morgan fingerprint density at radius 1 is 0.487 bits per heavy atom. The molecule has 76 heavy (non-hydrogen) atoms. The maximum Gasteiger partial charge on any atom is 0.264 e. The molecule has 4 heterocycles. The minimum atomic E-state index is -0.277. The molecule has 0 N–H and O–H groups in total. The van der Waals surface area contributed by atoms with Gasteiger partial charge in [-0.05, 0) is 181 Å². The van der Waals surface area contributed by atoms with E-state index in [9.17, 15) is 0 Å². The minimum absolute atomic E-state index is 0.0147. The number of benzene rings is 7. The Bertz CT molecular complexity index is 4030. The van der Waals surface area contributed by atoms with E-state index in [1.165, 1.54) is 136 Å². The number of fused-ring (bicyclic) bond motifs is 13. The highest BCUT2D eigenvalue weighted by molar-refractivity contribution is 7.33. The van der Waals surface area contributed by atoms with Gasteiger partial charge in [-0.1, -0.05) is 165 Å². The number of para-hydroxylation sites is 2. The van der Waals surface area contributed by atoms with Gasteiger partial charge in [-0.3, -0.25) is 0 Å². The van der Waals surface area contributed by atoms with E-state index in [0.717, 1.165) is 27.6 Å². The van der Waals surface area contributed by atoms with Crippen LogP contribution < -0.4 is 25.5 Å². The van der Waals surface area contributed by atoms with Crippen LogP contribution in [0.15, 0.2) is 120 Å². The van der Waals surface area contributed by atoms with Gasteiger partial charge in [0.15, 0.2) is 5.58 Å². The van der Waals surface area contributed by atoms with Gasteiger partial charge in [-0.25, -0.2) is 0 Å². The zero-order valence-corrected chi connectivity index (χ0v) is 48.9. The van der Waals surface area contributed by atoms with Crippen LogP contribution in [-0.2, 0) is 37.9 Å². The third-order valence-corrected chi connectivity index (χ3v) is 21.4. The summed E-state index contributed by atoms with van der Waals surface area (Å²) < 4.78 is 9.84. The van der Waals surface area contributed by atoms with E-state index in [1.807, 2.05) is 11.3 Å². The highest BCUT2D eigenvalue weighted by Crippen LogP contribution is 2.58. The summed E-state index contributed by atoms with van der Waals surface area (Å²) in [7, 11) is 0. The molecule has 14 rings (SSSR count). The third kappa shape index (κ3) is 6.47. The van der Waals surface area contributed by atoms with Gasteiger partial charge in [-0.15, -0.1) is 11.3 Å². The lowest BCUT2D eigenvalue weighted by atomic mass is 9.35. The van der Waals surface area contributed by atoms with Crippen molar-refractivity contribution in [3.8, 4) is 0 Å². The van der Waals surface area contributed by atoms with Crippen molar-refractivity contribution in [1.82, 2.24) is 0 Å². The van der Waals surface area contributed by atoms with Crippen molar-refractivity contribution >= 4 is 99.9 Å². The molecular weight excluding hydrogens is 940 g/mol. The smallest absolute Gasteiger partial charge is 0.264 e. The van der Waals surface area contributed by atoms with E-state index in [4.69, 9.17) is 4.42 Å². The highest BCUT2D eigenvalue weighted by atomic mass is 32.1. The summed E-state index contributed by atoms with van der Waals surface area (Å²) in [6, 6.07) is 46.0. The molecule has 0 atom stereocenters. The van der Waals surface area contributed by atoms with E-state index < -0.39 is 0 Å². The van der Waals surface area contributed by atoms with Crippen molar-refractivity contribution in [3.05, 3.63) is 171 Å². The summed E-state index contributed by atoms with van der Waals surface area (Å²) >= 11 is 2.02. The lowest BCUT2D eigenvalue weighted by Crippen LogP contribution is -2.61. The average Bonchev–Trinajstić information content (AvgIpc) is 4.06. The second-order valence-electron chi connectivity index (χ2n) is 28.8. The van der Waals surface area contributed by atoms with Crippen LogP contribution in [0.5, 0.6) is 0 Å². The monoisotopic (exact) mass is 1010 g/mol. The summed E-state index contributed by atoms with van der Waals surface area (Å²) in [6.07, 6.45) is 4.75. The highest BCUT2D eigenvalue weighted by Gasteiger charge is 2.51. The van der Waals surface area contributed by atoms with Crippen molar-refractivity contribution in [2.24, 2.45) is 0 Å². The molecule has 0 amide bonds. The standard InChI is InChI=1S/C71H75BN2OS/c1-40-32-57-61-58(33-40)74(55-22-19-21-44-43-20-17-18-23-59(43)75-63(44)55)56-39-53-52(70(13,14)50-36-48-49(37-51(50)71(53,15)16)69(11,12)31-30-68(48,9)10)38-54(56)72(61)64-62(45-34-41(65(2,3)4)24-27-60(45)76-64)73(57)42-25-26-46-47(35-42)67(7,8)29-28-66(46,5)6/h17-27,32-39H,28-31H2,1-16H3.